The molecular formula is C21H26F2N6O. The van der Waals surface area contributed by atoms with Crippen LogP contribution in [-0.2, 0) is 0 Å². The van der Waals surface area contributed by atoms with Crippen LogP contribution in [-0.4, -0.2) is 30.3 Å². The first-order chi connectivity index (χ1) is 14.3. The summed E-state index contributed by atoms with van der Waals surface area (Å²) in [7, 11) is 0. The molecule has 1 N–H and O–H groups in total. The van der Waals surface area contributed by atoms with Crippen LogP contribution in [0.5, 0.6) is 0 Å². The van der Waals surface area contributed by atoms with Crippen LogP contribution in [0.4, 0.5) is 14.5 Å². The van der Waals surface area contributed by atoms with Crippen LogP contribution in [0.15, 0.2) is 24.8 Å². The van der Waals surface area contributed by atoms with Crippen molar-refractivity contribution in [2.24, 2.45) is 11.8 Å². The van der Waals surface area contributed by atoms with Crippen molar-refractivity contribution in [1.29, 1.82) is 0 Å². The zero-order chi connectivity index (χ0) is 21.4. The SMILES string of the molecule is Cc1cnc2c(C(=O)Nc3cn([C@H]4CC[C@H](C(C)C)CC4)nc3C(F)F)cnn2c1. The molecule has 4 rings (SSSR count). The van der Waals surface area contributed by atoms with Crippen molar-refractivity contribution in [2.75, 3.05) is 5.32 Å². The van der Waals surface area contributed by atoms with E-state index in [0.29, 0.717) is 17.5 Å². The van der Waals surface area contributed by atoms with E-state index in [1.165, 1.54) is 16.9 Å². The Kier molecular flexibility index (Phi) is 5.53. The van der Waals surface area contributed by atoms with Crippen molar-refractivity contribution < 1.29 is 13.6 Å². The number of fused-ring (bicyclic) bond motifs is 1. The molecule has 0 aromatic carbocycles. The Hall–Kier alpha value is -2.84. The number of aryl methyl sites for hydroxylation is 1. The number of anilines is 1. The van der Waals surface area contributed by atoms with E-state index < -0.39 is 18.0 Å². The fourth-order valence-corrected chi connectivity index (χ4v) is 4.20. The number of nitrogens with zero attached hydrogens (tertiary/aromatic N) is 5. The number of carbonyl (C=O) groups is 1. The van der Waals surface area contributed by atoms with E-state index in [4.69, 9.17) is 0 Å². The molecule has 0 aliphatic heterocycles. The van der Waals surface area contributed by atoms with Crippen molar-refractivity contribution in [2.45, 2.75) is 58.9 Å². The van der Waals surface area contributed by atoms with Crippen LogP contribution < -0.4 is 5.32 Å². The van der Waals surface area contributed by atoms with Gasteiger partial charge < -0.3 is 5.32 Å². The molecule has 9 heteroatoms. The van der Waals surface area contributed by atoms with Gasteiger partial charge in [-0.25, -0.2) is 18.3 Å². The van der Waals surface area contributed by atoms with Crippen molar-refractivity contribution >= 4 is 17.2 Å². The quantitative estimate of drug-likeness (QED) is 0.647. The normalized spacial score (nSPS) is 19.7. The smallest absolute Gasteiger partial charge is 0.284 e. The van der Waals surface area contributed by atoms with Crippen molar-refractivity contribution in [3.05, 3.63) is 41.6 Å². The van der Waals surface area contributed by atoms with Crippen LogP contribution in [0, 0.1) is 18.8 Å². The van der Waals surface area contributed by atoms with Crippen LogP contribution in [0.2, 0.25) is 0 Å². The zero-order valence-corrected chi connectivity index (χ0v) is 17.3. The van der Waals surface area contributed by atoms with Gasteiger partial charge in [-0.15, -0.1) is 0 Å². The van der Waals surface area contributed by atoms with Gasteiger partial charge in [0.1, 0.15) is 5.56 Å². The maximum Gasteiger partial charge on any atom is 0.284 e. The summed E-state index contributed by atoms with van der Waals surface area (Å²) >= 11 is 0. The fraction of sp³-hybridized carbons (Fsp3) is 0.524. The highest BCUT2D eigenvalue weighted by atomic mass is 19.3. The van der Waals surface area contributed by atoms with Crippen LogP contribution in [0.3, 0.4) is 0 Å². The van der Waals surface area contributed by atoms with Crippen molar-refractivity contribution in [3.8, 4) is 0 Å². The number of amides is 1. The van der Waals surface area contributed by atoms with Crippen LogP contribution in [0.25, 0.3) is 5.65 Å². The van der Waals surface area contributed by atoms with Gasteiger partial charge in [0.25, 0.3) is 12.3 Å². The molecule has 0 radical (unpaired) electrons. The minimum absolute atomic E-state index is 0.0347. The van der Waals surface area contributed by atoms with Gasteiger partial charge in [0, 0.05) is 18.6 Å². The van der Waals surface area contributed by atoms with Crippen molar-refractivity contribution in [1.82, 2.24) is 24.4 Å². The first-order valence-electron chi connectivity index (χ1n) is 10.3. The fourth-order valence-electron chi connectivity index (χ4n) is 4.20. The number of alkyl halides is 2. The molecule has 3 aromatic rings. The maximum absolute atomic E-state index is 13.6. The van der Waals surface area contributed by atoms with E-state index in [-0.39, 0.29) is 17.3 Å². The second-order valence-electron chi connectivity index (χ2n) is 8.43. The molecular weight excluding hydrogens is 390 g/mol. The second kappa shape index (κ2) is 8.12. The molecule has 1 amide bonds. The standard InChI is InChI=1S/C21H26F2N6O/c1-12(2)14-4-6-15(7-5-14)28-11-17(18(27-28)19(22)23)26-21(30)16-9-25-29-10-13(3)8-24-20(16)29/h8-12,14-15,19H,4-7H2,1-3H3,(H,26,30)/t14-,15-. The van der Waals surface area contributed by atoms with Gasteiger partial charge in [-0.2, -0.15) is 10.2 Å². The number of hydrogen-bond donors (Lipinski definition) is 1. The highest BCUT2D eigenvalue weighted by Crippen LogP contribution is 2.37. The molecule has 30 heavy (non-hydrogen) atoms. The molecule has 0 spiro atoms. The maximum atomic E-state index is 13.6. The van der Waals surface area contributed by atoms with Crippen LogP contribution >= 0.6 is 0 Å². The number of hydrogen-bond acceptors (Lipinski definition) is 4. The summed E-state index contributed by atoms with van der Waals surface area (Å²) in [6.07, 6.45) is 7.43. The summed E-state index contributed by atoms with van der Waals surface area (Å²) in [6, 6.07) is 0.0739. The molecule has 1 fully saturated rings. The lowest BCUT2D eigenvalue weighted by Gasteiger charge is -2.30. The Labute approximate surface area is 173 Å². The first kappa shape index (κ1) is 20.4. The average Bonchev–Trinajstić information content (AvgIpc) is 3.32. The van der Waals surface area contributed by atoms with E-state index >= 15 is 0 Å². The minimum Gasteiger partial charge on any atom is -0.319 e. The van der Waals surface area contributed by atoms with Gasteiger partial charge in [-0.05, 0) is 50.0 Å². The molecule has 1 aliphatic rings. The molecule has 1 saturated carbocycles. The summed E-state index contributed by atoms with van der Waals surface area (Å²) in [5.41, 5.74) is 1.12. The Morgan fingerprint density at radius 2 is 1.90 bits per heavy atom. The molecule has 0 saturated heterocycles. The minimum atomic E-state index is -2.78. The molecule has 160 valence electrons. The second-order valence-corrected chi connectivity index (χ2v) is 8.43. The number of halogens is 2. The molecule has 3 heterocycles. The van der Waals surface area contributed by atoms with Crippen molar-refractivity contribution in [3.63, 3.8) is 0 Å². The van der Waals surface area contributed by atoms with Gasteiger partial charge >= 0.3 is 0 Å². The predicted molar refractivity (Wildman–Crippen MR) is 109 cm³/mol. The Bertz CT molecular complexity index is 1050. The summed E-state index contributed by atoms with van der Waals surface area (Å²) < 4.78 is 30.3. The van der Waals surface area contributed by atoms with E-state index in [9.17, 15) is 13.6 Å². The Morgan fingerprint density at radius 1 is 1.17 bits per heavy atom. The molecule has 1 aliphatic carbocycles. The summed E-state index contributed by atoms with van der Waals surface area (Å²) in [5.74, 6) is 0.752. The number of nitrogens with one attached hydrogen (secondary N) is 1. The number of aromatic nitrogens is 5. The van der Waals surface area contributed by atoms with Gasteiger partial charge in [0.2, 0.25) is 0 Å². The van der Waals surface area contributed by atoms with Gasteiger partial charge in [-0.1, -0.05) is 13.8 Å². The molecule has 0 atom stereocenters. The topological polar surface area (TPSA) is 77.1 Å². The number of carbonyl (C=O) groups excluding carboxylic acids is 1. The van der Waals surface area contributed by atoms with Gasteiger partial charge in [0.05, 0.1) is 17.9 Å². The molecule has 3 aromatic heterocycles. The molecule has 0 bridgehead atoms. The highest BCUT2D eigenvalue weighted by molar-refractivity contribution is 6.08. The summed E-state index contributed by atoms with van der Waals surface area (Å²) in [6.45, 7) is 6.31. The first-order valence-corrected chi connectivity index (χ1v) is 10.3. The monoisotopic (exact) mass is 416 g/mol. The lowest BCUT2D eigenvalue weighted by molar-refractivity contribution is 0.102. The largest absolute Gasteiger partial charge is 0.319 e. The van der Waals surface area contributed by atoms with E-state index in [1.807, 2.05) is 6.92 Å². The predicted octanol–water partition coefficient (Wildman–Crippen LogP) is 4.81. The molecule has 0 unspecified atom stereocenters. The van der Waals surface area contributed by atoms with Gasteiger partial charge in [-0.3, -0.25) is 9.48 Å². The van der Waals surface area contributed by atoms with Crippen LogP contribution in [0.1, 0.15) is 73.6 Å². The average molecular weight is 416 g/mol. The lowest BCUT2D eigenvalue weighted by Crippen LogP contribution is -2.21. The summed E-state index contributed by atoms with van der Waals surface area (Å²) in [5, 5.41) is 10.8. The Morgan fingerprint density at radius 3 is 2.57 bits per heavy atom. The Balaban J connectivity index is 1.55. The highest BCUT2D eigenvalue weighted by Gasteiger charge is 2.28. The van der Waals surface area contributed by atoms with E-state index in [0.717, 1.165) is 31.2 Å². The van der Waals surface area contributed by atoms with Gasteiger partial charge in [0.15, 0.2) is 11.3 Å². The van der Waals surface area contributed by atoms with E-state index in [2.05, 4.69) is 34.3 Å². The number of rotatable bonds is 5. The third-order valence-electron chi connectivity index (χ3n) is 6.00. The summed E-state index contributed by atoms with van der Waals surface area (Å²) in [4.78, 5) is 17.0. The molecule has 7 nitrogen and oxygen atoms in total. The zero-order valence-electron chi connectivity index (χ0n) is 17.3. The van der Waals surface area contributed by atoms with E-state index in [1.54, 1.807) is 17.1 Å². The lowest BCUT2D eigenvalue weighted by atomic mass is 9.80. The third-order valence-corrected chi connectivity index (χ3v) is 6.00. The third kappa shape index (κ3) is 3.93.